The lowest BCUT2D eigenvalue weighted by atomic mass is 10.1. The van der Waals surface area contributed by atoms with Gasteiger partial charge in [0.1, 0.15) is 5.75 Å². The molecule has 6 nitrogen and oxygen atoms in total. The third kappa shape index (κ3) is 3.03. The third-order valence-corrected chi connectivity index (χ3v) is 4.42. The number of β-amino-alcohol motifs (C(OH)–C–C–N with tert-alkyl or cyclic N) is 1. The maximum Gasteiger partial charge on any atom is 0.239 e. The van der Waals surface area contributed by atoms with Crippen LogP contribution in [-0.2, 0) is 4.79 Å². The maximum atomic E-state index is 12.4. The average molecular weight is 305 g/mol. The number of amides is 1. The minimum atomic E-state index is -0.399. The first-order valence-corrected chi connectivity index (χ1v) is 7.77. The van der Waals surface area contributed by atoms with Gasteiger partial charge in [-0.05, 0) is 18.6 Å². The van der Waals surface area contributed by atoms with E-state index in [4.69, 9.17) is 4.74 Å². The number of para-hydroxylation sites is 2. The lowest BCUT2D eigenvalue weighted by Crippen LogP contribution is -2.53. The van der Waals surface area contributed by atoms with Crippen LogP contribution in [0, 0.1) is 0 Å². The van der Waals surface area contributed by atoms with Gasteiger partial charge in [0.05, 0.1) is 24.9 Å². The summed E-state index contributed by atoms with van der Waals surface area (Å²) in [5.41, 5.74) is 1.08. The van der Waals surface area contributed by atoms with E-state index in [0.717, 1.165) is 24.5 Å². The van der Waals surface area contributed by atoms with Crippen LogP contribution < -0.4 is 15.0 Å². The molecule has 0 aliphatic carbocycles. The van der Waals surface area contributed by atoms with E-state index in [-0.39, 0.29) is 11.9 Å². The minimum Gasteiger partial charge on any atom is -0.495 e. The molecule has 0 unspecified atom stereocenters. The summed E-state index contributed by atoms with van der Waals surface area (Å²) in [6.07, 6.45) is 0.120. The van der Waals surface area contributed by atoms with Crippen molar-refractivity contribution in [1.82, 2.24) is 10.2 Å². The monoisotopic (exact) mass is 305 g/mol. The first-order chi connectivity index (χ1) is 10.7. The second-order valence-electron chi connectivity index (χ2n) is 5.83. The molecule has 2 fully saturated rings. The number of piperazine rings is 1. The molecule has 0 saturated carbocycles. The highest BCUT2D eigenvalue weighted by Crippen LogP contribution is 2.28. The van der Waals surface area contributed by atoms with Gasteiger partial charge in [0.25, 0.3) is 0 Å². The van der Waals surface area contributed by atoms with Crippen LogP contribution in [0.1, 0.15) is 6.42 Å². The Kier molecular flexibility index (Phi) is 4.49. The summed E-state index contributed by atoms with van der Waals surface area (Å²) in [6.45, 7) is 3.50. The van der Waals surface area contributed by atoms with Crippen molar-refractivity contribution in [2.45, 2.75) is 18.6 Å². The van der Waals surface area contributed by atoms with E-state index in [1.807, 2.05) is 29.2 Å². The molecule has 0 spiro atoms. The number of hydrogen-bond donors (Lipinski definition) is 2. The van der Waals surface area contributed by atoms with E-state index >= 15 is 0 Å². The smallest absolute Gasteiger partial charge is 0.239 e. The molecule has 2 atom stereocenters. The van der Waals surface area contributed by atoms with Crippen molar-refractivity contribution in [2.24, 2.45) is 0 Å². The zero-order chi connectivity index (χ0) is 15.5. The molecule has 2 saturated heterocycles. The summed E-state index contributed by atoms with van der Waals surface area (Å²) in [7, 11) is 1.68. The lowest BCUT2D eigenvalue weighted by molar-refractivity contribution is -0.133. The highest BCUT2D eigenvalue weighted by atomic mass is 16.5. The van der Waals surface area contributed by atoms with Crippen molar-refractivity contribution in [1.29, 1.82) is 0 Å². The van der Waals surface area contributed by atoms with E-state index in [2.05, 4.69) is 10.2 Å². The molecule has 3 rings (SSSR count). The van der Waals surface area contributed by atoms with Crippen LogP contribution in [0.25, 0.3) is 0 Å². The molecule has 22 heavy (non-hydrogen) atoms. The van der Waals surface area contributed by atoms with Crippen LogP contribution in [0.2, 0.25) is 0 Å². The van der Waals surface area contributed by atoms with E-state index < -0.39 is 6.10 Å². The number of ether oxygens (including phenoxy) is 1. The standard InChI is InChI=1S/C16H23N3O3/c1-22-15-5-3-2-4-14(15)18-6-8-19(9-7-18)16(21)13-10-12(20)11-17-13/h2-5,12-13,17,20H,6-11H2,1H3/t12-,13+/m1/s1. The van der Waals surface area contributed by atoms with Crippen molar-refractivity contribution in [3.8, 4) is 5.75 Å². The topological polar surface area (TPSA) is 65.0 Å². The Morgan fingerprint density at radius 2 is 2.00 bits per heavy atom. The van der Waals surface area contributed by atoms with Crippen molar-refractivity contribution in [3.05, 3.63) is 24.3 Å². The van der Waals surface area contributed by atoms with Gasteiger partial charge in [0, 0.05) is 32.7 Å². The molecule has 6 heteroatoms. The first kappa shape index (κ1) is 15.1. The Morgan fingerprint density at radius 1 is 1.27 bits per heavy atom. The number of hydrogen-bond acceptors (Lipinski definition) is 5. The van der Waals surface area contributed by atoms with Crippen molar-refractivity contribution in [3.63, 3.8) is 0 Å². The number of aliphatic hydroxyl groups is 1. The molecule has 2 N–H and O–H groups in total. The summed E-state index contributed by atoms with van der Waals surface area (Å²) in [4.78, 5) is 16.6. The second kappa shape index (κ2) is 6.54. The van der Waals surface area contributed by atoms with Gasteiger partial charge in [-0.15, -0.1) is 0 Å². The van der Waals surface area contributed by atoms with Gasteiger partial charge in [0.15, 0.2) is 0 Å². The average Bonchev–Trinajstić information content (AvgIpc) is 3.01. The fraction of sp³-hybridized carbons (Fsp3) is 0.562. The summed E-state index contributed by atoms with van der Waals surface area (Å²) >= 11 is 0. The Morgan fingerprint density at radius 3 is 2.64 bits per heavy atom. The normalized spacial score (nSPS) is 25.4. The second-order valence-corrected chi connectivity index (χ2v) is 5.83. The molecule has 2 aliphatic heterocycles. The number of carbonyl (C=O) groups excluding carboxylic acids is 1. The Hall–Kier alpha value is -1.79. The van der Waals surface area contributed by atoms with E-state index in [1.165, 1.54) is 0 Å². The zero-order valence-electron chi connectivity index (χ0n) is 12.9. The van der Waals surface area contributed by atoms with Crippen LogP contribution in [0.5, 0.6) is 5.75 Å². The Bertz CT molecular complexity index is 529. The van der Waals surface area contributed by atoms with Gasteiger partial charge in [-0.25, -0.2) is 0 Å². The van der Waals surface area contributed by atoms with Crippen LogP contribution in [0.3, 0.4) is 0 Å². The molecular weight excluding hydrogens is 282 g/mol. The molecule has 0 aromatic heterocycles. The molecule has 1 aromatic carbocycles. The van der Waals surface area contributed by atoms with Gasteiger partial charge in [0.2, 0.25) is 5.91 Å². The number of nitrogens with zero attached hydrogens (tertiary/aromatic N) is 2. The third-order valence-electron chi connectivity index (χ3n) is 4.42. The summed E-state index contributed by atoms with van der Waals surface area (Å²) in [6, 6.07) is 7.73. The summed E-state index contributed by atoms with van der Waals surface area (Å²) < 4.78 is 5.41. The van der Waals surface area contributed by atoms with Crippen molar-refractivity contribution in [2.75, 3.05) is 44.7 Å². The first-order valence-electron chi connectivity index (χ1n) is 7.77. The largest absolute Gasteiger partial charge is 0.495 e. The SMILES string of the molecule is COc1ccccc1N1CCN(C(=O)[C@@H]2C[C@@H](O)CN2)CC1. The predicted molar refractivity (Wildman–Crippen MR) is 84.2 cm³/mol. The number of benzene rings is 1. The fourth-order valence-corrected chi connectivity index (χ4v) is 3.18. The van der Waals surface area contributed by atoms with E-state index in [1.54, 1.807) is 7.11 Å². The van der Waals surface area contributed by atoms with Crippen molar-refractivity contribution < 1.29 is 14.6 Å². The number of rotatable bonds is 3. The van der Waals surface area contributed by atoms with Gasteiger partial charge < -0.3 is 25.0 Å². The molecule has 0 radical (unpaired) electrons. The van der Waals surface area contributed by atoms with E-state index in [9.17, 15) is 9.90 Å². The fourth-order valence-electron chi connectivity index (χ4n) is 3.18. The number of anilines is 1. The van der Waals surface area contributed by atoms with Crippen molar-refractivity contribution >= 4 is 11.6 Å². The maximum absolute atomic E-state index is 12.4. The molecular formula is C16H23N3O3. The lowest BCUT2D eigenvalue weighted by Gasteiger charge is -2.37. The number of carbonyl (C=O) groups is 1. The van der Waals surface area contributed by atoms with Crippen LogP contribution in [-0.4, -0.2) is 67.9 Å². The van der Waals surface area contributed by atoms with Crippen LogP contribution in [0.15, 0.2) is 24.3 Å². The van der Waals surface area contributed by atoms with Gasteiger partial charge in [-0.1, -0.05) is 12.1 Å². The Balaban J connectivity index is 1.59. The van der Waals surface area contributed by atoms with E-state index in [0.29, 0.717) is 26.1 Å². The van der Waals surface area contributed by atoms with Gasteiger partial charge in [-0.2, -0.15) is 0 Å². The molecule has 0 bridgehead atoms. The number of aliphatic hydroxyl groups excluding tert-OH is 1. The molecule has 2 heterocycles. The summed E-state index contributed by atoms with van der Waals surface area (Å²) in [5, 5.41) is 12.6. The van der Waals surface area contributed by atoms with Gasteiger partial charge >= 0.3 is 0 Å². The highest BCUT2D eigenvalue weighted by molar-refractivity contribution is 5.82. The molecule has 2 aliphatic rings. The number of methoxy groups -OCH3 is 1. The molecule has 1 aromatic rings. The quantitative estimate of drug-likeness (QED) is 0.827. The zero-order valence-corrected chi connectivity index (χ0v) is 12.9. The van der Waals surface area contributed by atoms with Crippen LogP contribution >= 0.6 is 0 Å². The van der Waals surface area contributed by atoms with Gasteiger partial charge in [-0.3, -0.25) is 4.79 Å². The summed E-state index contributed by atoms with van der Waals surface area (Å²) in [5.74, 6) is 0.971. The predicted octanol–water partition coefficient (Wildman–Crippen LogP) is 0.0666. The minimum absolute atomic E-state index is 0.108. The molecule has 120 valence electrons. The molecule has 1 amide bonds. The van der Waals surface area contributed by atoms with Crippen LogP contribution in [0.4, 0.5) is 5.69 Å². The number of nitrogens with one attached hydrogen (secondary N) is 1. The highest BCUT2D eigenvalue weighted by Gasteiger charge is 2.32. The Labute approximate surface area is 130 Å².